The minimum absolute atomic E-state index is 0.187. The predicted molar refractivity (Wildman–Crippen MR) is 139 cm³/mol. The average Bonchev–Trinajstić information content (AvgIpc) is 2.86. The summed E-state index contributed by atoms with van der Waals surface area (Å²) in [7, 11) is -3.31. The van der Waals surface area contributed by atoms with Gasteiger partial charge in [-0.15, -0.1) is 0 Å². The van der Waals surface area contributed by atoms with Gasteiger partial charge in [0.25, 0.3) is 5.91 Å². The Morgan fingerprint density at radius 1 is 1.06 bits per heavy atom. The van der Waals surface area contributed by atoms with Crippen LogP contribution in [0.4, 0.5) is 10.5 Å². The highest BCUT2D eigenvalue weighted by Crippen LogP contribution is 2.29. The number of fused-ring (bicyclic) bond motifs is 1. The van der Waals surface area contributed by atoms with Gasteiger partial charge < -0.3 is 20.2 Å². The second-order valence-electron chi connectivity index (χ2n) is 9.93. The standard InChI is InChI=1S/C27H35N3O5S/c1-3-29(18-19-12-14-30(15-13-19)27(32)33)24-9-5-20-4-8-23(16-22(20)17-24)28-26(31)21-6-10-25(11-7-21)36(2,34)35/h4,6-8,10-11,16,19,24H,3,5,9,12-15,17-18H2,1-2H3,(H,28,31)(H,32,33). The summed E-state index contributed by atoms with van der Waals surface area (Å²) in [5.41, 5.74) is 3.70. The van der Waals surface area contributed by atoms with E-state index >= 15 is 0 Å². The zero-order valence-electron chi connectivity index (χ0n) is 20.9. The number of sulfone groups is 1. The van der Waals surface area contributed by atoms with Gasteiger partial charge in [-0.3, -0.25) is 4.79 Å². The van der Waals surface area contributed by atoms with Gasteiger partial charge >= 0.3 is 6.09 Å². The third-order valence-corrected chi connectivity index (χ3v) is 8.64. The quantitative estimate of drug-likeness (QED) is 0.581. The largest absolute Gasteiger partial charge is 0.465 e. The SMILES string of the molecule is CCN(CC1CCN(C(=O)O)CC1)C1CCc2ccc(NC(=O)c3ccc(S(C)(=O)=O)cc3)cc2C1. The van der Waals surface area contributed by atoms with Crippen LogP contribution in [0.25, 0.3) is 0 Å². The second kappa shape index (κ2) is 11.0. The lowest BCUT2D eigenvalue weighted by Gasteiger charge is -2.39. The first kappa shape index (κ1) is 26.2. The number of aryl methyl sites for hydroxylation is 1. The molecule has 8 nitrogen and oxygen atoms in total. The molecule has 2 N–H and O–H groups in total. The number of anilines is 1. The molecule has 0 bridgehead atoms. The summed E-state index contributed by atoms with van der Waals surface area (Å²) in [6, 6.07) is 12.5. The van der Waals surface area contributed by atoms with E-state index in [0.29, 0.717) is 30.6 Å². The Hall–Kier alpha value is -2.91. The van der Waals surface area contributed by atoms with Crippen molar-refractivity contribution < 1.29 is 23.1 Å². The summed E-state index contributed by atoms with van der Waals surface area (Å²) in [6.45, 7) is 5.37. The van der Waals surface area contributed by atoms with E-state index < -0.39 is 15.9 Å². The Morgan fingerprint density at radius 2 is 1.75 bits per heavy atom. The highest BCUT2D eigenvalue weighted by Gasteiger charge is 2.28. The first-order valence-corrected chi connectivity index (χ1v) is 14.5. The van der Waals surface area contributed by atoms with Gasteiger partial charge in [0.2, 0.25) is 0 Å². The predicted octanol–water partition coefficient (Wildman–Crippen LogP) is 3.91. The molecule has 2 aromatic carbocycles. The van der Waals surface area contributed by atoms with E-state index in [1.165, 1.54) is 40.3 Å². The van der Waals surface area contributed by atoms with Gasteiger partial charge in [0.05, 0.1) is 4.90 Å². The molecule has 2 aliphatic rings. The maximum absolute atomic E-state index is 12.7. The maximum Gasteiger partial charge on any atom is 0.407 e. The minimum atomic E-state index is -3.31. The summed E-state index contributed by atoms with van der Waals surface area (Å²) in [5, 5.41) is 12.1. The molecule has 0 radical (unpaired) electrons. The lowest BCUT2D eigenvalue weighted by atomic mass is 9.86. The molecule has 1 aliphatic heterocycles. The van der Waals surface area contributed by atoms with Crippen molar-refractivity contribution in [1.82, 2.24) is 9.80 Å². The van der Waals surface area contributed by atoms with E-state index in [0.717, 1.165) is 57.1 Å². The van der Waals surface area contributed by atoms with Crippen molar-refractivity contribution in [2.24, 2.45) is 5.92 Å². The molecule has 1 atom stereocenters. The summed E-state index contributed by atoms with van der Waals surface area (Å²) in [5.74, 6) is 0.243. The Bertz CT molecular complexity index is 1200. The van der Waals surface area contributed by atoms with Crippen LogP contribution in [-0.2, 0) is 22.7 Å². The molecule has 2 amide bonds. The van der Waals surface area contributed by atoms with Crippen LogP contribution in [0.5, 0.6) is 0 Å². The molecular weight excluding hydrogens is 478 g/mol. The van der Waals surface area contributed by atoms with Crippen LogP contribution in [0.3, 0.4) is 0 Å². The summed E-state index contributed by atoms with van der Waals surface area (Å²) in [6.07, 6.45) is 5.15. The van der Waals surface area contributed by atoms with E-state index in [4.69, 9.17) is 0 Å². The van der Waals surface area contributed by atoms with Crippen LogP contribution >= 0.6 is 0 Å². The molecule has 194 valence electrons. The number of nitrogens with one attached hydrogen (secondary N) is 1. The van der Waals surface area contributed by atoms with Crippen molar-refractivity contribution in [2.75, 3.05) is 37.8 Å². The van der Waals surface area contributed by atoms with Gasteiger partial charge in [-0.1, -0.05) is 13.0 Å². The van der Waals surface area contributed by atoms with Crippen molar-refractivity contribution in [3.8, 4) is 0 Å². The van der Waals surface area contributed by atoms with Crippen molar-refractivity contribution in [3.63, 3.8) is 0 Å². The molecule has 1 heterocycles. The number of rotatable bonds is 7. The molecular formula is C27H35N3O5S. The van der Waals surface area contributed by atoms with Gasteiger partial charge in [0.1, 0.15) is 0 Å². The lowest BCUT2D eigenvalue weighted by Crippen LogP contribution is -2.45. The van der Waals surface area contributed by atoms with E-state index in [9.17, 15) is 23.1 Å². The van der Waals surface area contributed by atoms with Gasteiger partial charge in [-0.2, -0.15) is 0 Å². The fourth-order valence-electron chi connectivity index (χ4n) is 5.36. The molecule has 4 rings (SSSR count). The molecule has 9 heteroatoms. The molecule has 0 saturated carbocycles. The topological polar surface area (TPSA) is 107 Å². The average molecular weight is 514 g/mol. The highest BCUT2D eigenvalue weighted by atomic mass is 32.2. The van der Waals surface area contributed by atoms with Crippen LogP contribution in [0.1, 0.15) is 47.7 Å². The Kier molecular flexibility index (Phi) is 8.00. The number of benzene rings is 2. The maximum atomic E-state index is 12.7. The van der Waals surface area contributed by atoms with Crippen LogP contribution < -0.4 is 5.32 Å². The third kappa shape index (κ3) is 6.25. The van der Waals surface area contributed by atoms with Crippen LogP contribution in [0.15, 0.2) is 47.4 Å². The van der Waals surface area contributed by atoms with Crippen molar-refractivity contribution in [1.29, 1.82) is 0 Å². The number of piperidine rings is 1. The summed E-state index contributed by atoms with van der Waals surface area (Å²) < 4.78 is 23.3. The Balaban J connectivity index is 1.38. The van der Waals surface area contributed by atoms with Crippen LogP contribution in [0, 0.1) is 5.92 Å². The number of carbonyl (C=O) groups excluding carboxylic acids is 1. The minimum Gasteiger partial charge on any atom is -0.465 e. The number of likely N-dealkylation sites (N-methyl/N-ethyl adjacent to an activating group) is 1. The summed E-state index contributed by atoms with van der Waals surface area (Å²) >= 11 is 0. The molecule has 2 aromatic rings. The molecule has 1 unspecified atom stereocenters. The van der Waals surface area contributed by atoms with E-state index in [2.05, 4.69) is 29.3 Å². The number of carbonyl (C=O) groups is 2. The van der Waals surface area contributed by atoms with Crippen molar-refractivity contribution in [2.45, 2.75) is 50.0 Å². The molecule has 0 aromatic heterocycles. The zero-order chi connectivity index (χ0) is 25.9. The van der Waals surface area contributed by atoms with Crippen LogP contribution in [-0.4, -0.2) is 73.8 Å². The first-order chi connectivity index (χ1) is 17.1. The number of hydrogen-bond donors (Lipinski definition) is 2. The zero-order valence-corrected chi connectivity index (χ0v) is 21.8. The van der Waals surface area contributed by atoms with Gasteiger partial charge in [-0.25, -0.2) is 13.2 Å². The Morgan fingerprint density at radius 3 is 2.36 bits per heavy atom. The third-order valence-electron chi connectivity index (χ3n) is 7.51. The normalized spacial score (nSPS) is 18.6. The molecule has 1 fully saturated rings. The second-order valence-corrected chi connectivity index (χ2v) is 11.9. The smallest absolute Gasteiger partial charge is 0.407 e. The molecule has 36 heavy (non-hydrogen) atoms. The van der Waals surface area contributed by atoms with E-state index in [1.54, 1.807) is 0 Å². The van der Waals surface area contributed by atoms with Crippen LogP contribution in [0.2, 0.25) is 0 Å². The lowest BCUT2D eigenvalue weighted by molar-refractivity contribution is 0.101. The Labute approximate surface area is 213 Å². The molecule has 0 spiro atoms. The number of nitrogens with zero attached hydrogens (tertiary/aromatic N) is 2. The number of amides is 2. The first-order valence-electron chi connectivity index (χ1n) is 12.6. The van der Waals surface area contributed by atoms with Gasteiger partial charge in [0.15, 0.2) is 9.84 Å². The fourth-order valence-corrected chi connectivity index (χ4v) is 5.99. The summed E-state index contributed by atoms with van der Waals surface area (Å²) in [4.78, 5) is 28.2. The van der Waals surface area contributed by atoms with E-state index in [1.807, 2.05) is 6.07 Å². The monoisotopic (exact) mass is 513 g/mol. The van der Waals surface area contributed by atoms with Crippen molar-refractivity contribution >= 4 is 27.5 Å². The highest BCUT2D eigenvalue weighted by molar-refractivity contribution is 7.90. The number of carboxylic acid groups (broad SMARTS) is 1. The van der Waals surface area contributed by atoms with Gasteiger partial charge in [-0.05, 0) is 92.1 Å². The molecule has 1 aliphatic carbocycles. The van der Waals surface area contributed by atoms with Gasteiger partial charge in [0, 0.05) is 43.2 Å². The molecule has 1 saturated heterocycles. The number of hydrogen-bond acceptors (Lipinski definition) is 5. The number of likely N-dealkylation sites (tertiary alicyclic amines) is 1. The van der Waals surface area contributed by atoms with E-state index in [-0.39, 0.29) is 10.8 Å². The van der Waals surface area contributed by atoms with Crippen molar-refractivity contribution in [3.05, 3.63) is 59.2 Å². The fraction of sp³-hybridized carbons (Fsp3) is 0.481.